The Balaban J connectivity index is 1.53. The highest BCUT2D eigenvalue weighted by molar-refractivity contribution is 5.28. The largest absolute Gasteiger partial charge is 0.302 e. The predicted molar refractivity (Wildman–Crippen MR) is 77.2 cm³/mol. The van der Waals surface area contributed by atoms with Crippen molar-refractivity contribution >= 4 is 0 Å². The van der Waals surface area contributed by atoms with Gasteiger partial charge in [-0.05, 0) is 42.7 Å². The maximum Gasteiger partial charge on any atom is 0.248 e. The predicted octanol–water partition coefficient (Wildman–Crippen LogP) is 3.91. The lowest BCUT2D eigenvalue weighted by Gasteiger charge is -2.32. The van der Waals surface area contributed by atoms with Gasteiger partial charge in [-0.3, -0.25) is 0 Å². The molecular formula is C17H23F2N. The molecule has 1 saturated carbocycles. The highest BCUT2D eigenvalue weighted by atomic mass is 19.3. The first-order valence-corrected chi connectivity index (χ1v) is 7.79. The van der Waals surface area contributed by atoms with Crippen molar-refractivity contribution in [2.24, 2.45) is 5.92 Å². The minimum absolute atomic E-state index is 0.0890. The third-order valence-electron chi connectivity index (χ3n) is 4.87. The van der Waals surface area contributed by atoms with Gasteiger partial charge in [-0.15, -0.1) is 0 Å². The maximum atomic E-state index is 13.2. The number of halogens is 2. The summed E-state index contributed by atoms with van der Waals surface area (Å²) in [5.41, 5.74) is 2.93. The van der Waals surface area contributed by atoms with Gasteiger partial charge in [0.1, 0.15) is 0 Å². The van der Waals surface area contributed by atoms with Gasteiger partial charge in [0, 0.05) is 32.5 Å². The molecule has 3 rings (SSSR count). The summed E-state index contributed by atoms with van der Waals surface area (Å²) in [6, 6.07) is 8.66. The lowest BCUT2D eigenvalue weighted by atomic mass is 9.86. The second kappa shape index (κ2) is 5.80. The van der Waals surface area contributed by atoms with Crippen LogP contribution in [0, 0.1) is 5.92 Å². The average Bonchev–Trinajstić information content (AvgIpc) is 2.64. The van der Waals surface area contributed by atoms with Gasteiger partial charge in [-0.1, -0.05) is 24.3 Å². The molecule has 110 valence electrons. The third kappa shape index (κ3) is 3.38. The van der Waals surface area contributed by atoms with Crippen LogP contribution in [0.15, 0.2) is 24.3 Å². The Morgan fingerprint density at radius 1 is 1.00 bits per heavy atom. The summed E-state index contributed by atoms with van der Waals surface area (Å²) >= 11 is 0. The van der Waals surface area contributed by atoms with Gasteiger partial charge in [-0.25, -0.2) is 8.78 Å². The topological polar surface area (TPSA) is 3.24 Å². The fraction of sp³-hybridized carbons (Fsp3) is 0.647. The maximum absolute atomic E-state index is 13.2. The first kappa shape index (κ1) is 14.0. The molecule has 0 amide bonds. The normalized spacial score (nSPS) is 24.1. The van der Waals surface area contributed by atoms with Crippen LogP contribution < -0.4 is 0 Å². The van der Waals surface area contributed by atoms with E-state index in [2.05, 4.69) is 29.2 Å². The lowest BCUT2D eigenvalue weighted by Crippen LogP contribution is -2.35. The Morgan fingerprint density at radius 3 is 2.10 bits per heavy atom. The molecule has 0 saturated heterocycles. The number of alkyl halides is 2. The summed E-state index contributed by atoms with van der Waals surface area (Å²) in [5, 5.41) is 0. The van der Waals surface area contributed by atoms with Crippen LogP contribution in [0.2, 0.25) is 0 Å². The monoisotopic (exact) mass is 279 g/mol. The average molecular weight is 279 g/mol. The van der Waals surface area contributed by atoms with Crippen molar-refractivity contribution in [1.82, 2.24) is 4.90 Å². The zero-order valence-electron chi connectivity index (χ0n) is 12.0. The van der Waals surface area contributed by atoms with Crippen molar-refractivity contribution < 1.29 is 8.78 Å². The van der Waals surface area contributed by atoms with E-state index in [1.807, 2.05) is 0 Å². The molecule has 0 aromatic heterocycles. The first-order valence-electron chi connectivity index (χ1n) is 7.79. The molecule has 0 radical (unpaired) electrons. The van der Waals surface area contributed by atoms with E-state index < -0.39 is 5.92 Å². The van der Waals surface area contributed by atoms with E-state index in [-0.39, 0.29) is 12.8 Å². The Morgan fingerprint density at radius 2 is 1.55 bits per heavy atom. The van der Waals surface area contributed by atoms with Crippen molar-refractivity contribution in [3.8, 4) is 0 Å². The molecule has 2 aliphatic rings. The van der Waals surface area contributed by atoms with E-state index in [9.17, 15) is 8.78 Å². The number of hydrogen-bond acceptors (Lipinski definition) is 1. The van der Waals surface area contributed by atoms with E-state index in [1.54, 1.807) is 0 Å². The van der Waals surface area contributed by atoms with Crippen molar-refractivity contribution in [2.75, 3.05) is 19.6 Å². The molecule has 3 heteroatoms. The number of hydrogen-bond donors (Lipinski definition) is 0. The molecule has 1 aliphatic heterocycles. The molecule has 0 unspecified atom stereocenters. The fourth-order valence-corrected chi connectivity index (χ4v) is 3.54. The summed E-state index contributed by atoms with van der Waals surface area (Å²) in [5.74, 6) is -1.93. The van der Waals surface area contributed by atoms with E-state index in [0.717, 1.165) is 32.5 Å². The van der Waals surface area contributed by atoms with Gasteiger partial charge in [-0.2, -0.15) is 0 Å². The molecule has 1 heterocycles. The molecular weight excluding hydrogens is 256 g/mol. The number of benzene rings is 1. The summed E-state index contributed by atoms with van der Waals surface area (Å²) < 4.78 is 26.4. The highest BCUT2D eigenvalue weighted by Crippen LogP contribution is 2.36. The van der Waals surface area contributed by atoms with E-state index in [0.29, 0.717) is 18.8 Å². The summed E-state index contributed by atoms with van der Waals surface area (Å²) in [4.78, 5) is 2.48. The minimum Gasteiger partial charge on any atom is -0.302 e. The molecule has 20 heavy (non-hydrogen) atoms. The molecule has 1 nitrogen and oxygen atoms in total. The van der Waals surface area contributed by atoms with E-state index >= 15 is 0 Å². The van der Waals surface area contributed by atoms with Crippen molar-refractivity contribution in [3.63, 3.8) is 0 Å². The first-order chi connectivity index (χ1) is 9.62. The lowest BCUT2D eigenvalue weighted by molar-refractivity contribution is -0.0487. The van der Waals surface area contributed by atoms with Gasteiger partial charge in [0.2, 0.25) is 5.92 Å². The second-order valence-electron chi connectivity index (χ2n) is 6.37. The molecule has 1 aromatic carbocycles. The van der Waals surface area contributed by atoms with Gasteiger partial charge >= 0.3 is 0 Å². The van der Waals surface area contributed by atoms with E-state index in [1.165, 1.54) is 11.1 Å². The zero-order chi connectivity index (χ0) is 14.0. The van der Waals surface area contributed by atoms with Crippen molar-refractivity contribution in [1.29, 1.82) is 0 Å². The Hall–Kier alpha value is -0.960. The van der Waals surface area contributed by atoms with Crippen LogP contribution in [-0.4, -0.2) is 30.5 Å². The fourth-order valence-electron chi connectivity index (χ4n) is 3.54. The Kier molecular flexibility index (Phi) is 4.06. The summed E-state index contributed by atoms with van der Waals surface area (Å²) in [6.45, 7) is 3.15. The molecule has 0 atom stereocenters. The van der Waals surface area contributed by atoms with Crippen LogP contribution >= 0.6 is 0 Å². The molecule has 0 spiro atoms. The molecule has 1 aromatic rings. The van der Waals surface area contributed by atoms with E-state index in [4.69, 9.17) is 0 Å². The molecule has 1 fully saturated rings. The SMILES string of the molecule is FC1(F)CCC(CN2CCc3ccccc3CC2)CC1. The molecule has 0 N–H and O–H groups in total. The van der Waals surface area contributed by atoms with Crippen molar-refractivity contribution in [2.45, 2.75) is 44.4 Å². The molecule has 0 bridgehead atoms. The van der Waals surface area contributed by atoms with Crippen LogP contribution in [-0.2, 0) is 12.8 Å². The smallest absolute Gasteiger partial charge is 0.248 e. The number of nitrogens with zero attached hydrogens (tertiary/aromatic N) is 1. The number of fused-ring (bicyclic) bond motifs is 1. The summed E-state index contributed by atoms with van der Waals surface area (Å²) in [7, 11) is 0. The van der Waals surface area contributed by atoms with Crippen molar-refractivity contribution in [3.05, 3.63) is 35.4 Å². The molecule has 1 aliphatic carbocycles. The highest BCUT2D eigenvalue weighted by Gasteiger charge is 2.35. The Bertz CT molecular complexity index is 421. The van der Waals surface area contributed by atoms with Crippen LogP contribution in [0.3, 0.4) is 0 Å². The summed E-state index contributed by atoms with van der Waals surface area (Å²) in [6.07, 6.45) is 3.75. The van der Waals surface area contributed by atoms with Crippen LogP contribution in [0.4, 0.5) is 8.78 Å². The van der Waals surface area contributed by atoms with Gasteiger partial charge in [0.25, 0.3) is 0 Å². The van der Waals surface area contributed by atoms with Crippen LogP contribution in [0.25, 0.3) is 0 Å². The zero-order valence-corrected chi connectivity index (χ0v) is 12.0. The van der Waals surface area contributed by atoms with Gasteiger partial charge < -0.3 is 4.90 Å². The van der Waals surface area contributed by atoms with Gasteiger partial charge in [0.05, 0.1) is 0 Å². The third-order valence-corrected chi connectivity index (χ3v) is 4.87. The quantitative estimate of drug-likeness (QED) is 0.793. The number of rotatable bonds is 2. The van der Waals surface area contributed by atoms with Gasteiger partial charge in [0.15, 0.2) is 0 Å². The second-order valence-corrected chi connectivity index (χ2v) is 6.37. The van der Waals surface area contributed by atoms with Crippen LogP contribution in [0.1, 0.15) is 36.8 Å². The minimum atomic E-state index is -2.40. The standard InChI is InChI=1S/C17H23F2N/c18-17(19)9-5-14(6-10-17)13-20-11-7-15-3-1-2-4-16(15)8-12-20/h1-4,14H,5-13H2. The van der Waals surface area contributed by atoms with Crippen LogP contribution in [0.5, 0.6) is 0 Å². The Labute approximate surface area is 120 Å².